The maximum atomic E-state index is 12.4. The second-order valence-corrected chi connectivity index (χ2v) is 10.0. The molecule has 0 bridgehead atoms. The Kier molecular flexibility index (Phi) is 10.7. The van der Waals surface area contributed by atoms with Crippen LogP contribution in [0.5, 0.6) is 11.5 Å². The van der Waals surface area contributed by atoms with Crippen LogP contribution in [0.15, 0.2) is 64.2 Å². The maximum Gasteiger partial charge on any atom is 0.329 e. The summed E-state index contributed by atoms with van der Waals surface area (Å²) in [6, 6.07) is 16.1. The van der Waals surface area contributed by atoms with Gasteiger partial charge in [-0.25, -0.2) is 5.43 Å². The van der Waals surface area contributed by atoms with Gasteiger partial charge in [0.15, 0.2) is 18.1 Å². The lowest BCUT2D eigenvalue weighted by Crippen LogP contribution is -2.32. The van der Waals surface area contributed by atoms with E-state index in [1.54, 1.807) is 30.3 Å². The third-order valence-electron chi connectivity index (χ3n) is 5.27. The molecular formula is C27H26BrIN4O5. The van der Waals surface area contributed by atoms with Crippen molar-refractivity contribution in [3.05, 3.63) is 79.3 Å². The number of benzene rings is 3. The molecule has 0 saturated carbocycles. The number of hydrazone groups is 1. The normalized spacial score (nSPS) is 10.7. The zero-order chi connectivity index (χ0) is 27.7. The van der Waals surface area contributed by atoms with Crippen LogP contribution in [0.4, 0.5) is 11.4 Å². The van der Waals surface area contributed by atoms with Crippen LogP contribution in [0.3, 0.4) is 0 Å². The van der Waals surface area contributed by atoms with Gasteiger partial charge in [0.25, 0.3) is 5.91 Å². The number of halogens is 2. The molecule has 11 heteroatoms. The monoisotopic (exact) mass is 692 g/mol. The van der Waals surface area contributed by atoms with E-state index in [-0.39, 0.29) is 12.5 Å². The van der Waals surface area contributed by atoms with E-state index >= 15 is 0 Å². The molecule has 198 valence electrons. The van der Waals surface area contributed by atoms with E-state index in [1.165, 1.54) is 13.3 Å². The zero-order valence-corrected chi connectivity index (χ0v) is 24.7. The number of nitrogens with zero attached hydrogens (tertiary/aromatic N) is 1. The highest BCUT2D eigenvalue weighted by atomic mass is 127. The molecule has 0 saturated heterocycles. The second kappa shape index (κ2) is 13.9. The number of anilines is 2. The van der Waals surface area contributed by atoms with Crippen molar-refractivity contribution in [2.24, 2.45) is 5.10 Å². The minimum Gasteiger partial charge on any atom is -0.493 e. The van der Waals surface area contributed by atoms with Crippen molar-refractivity contribution in [3.8, 4) is 11.5 Å². The third kappa shape index (κ3) is 8.02. The van der Waals surface area contributed by atoms with Gasteiger partial charge in [-0.15, -0.1) is 0 Å². The Morgan fingerprint density at radius 2 is 1.82 bits per heavy atom. The highest BCUT2D eigenvalue weighted by Crippen LogP contribution is 2.33. The Bertz CT molecular complexity index is 1380. The van der Waals surface area contributed by atoms with Crippen molar-refractivity contribution in [3.63, 3.8) is 0 Å². The molecule has 0 fully saturated rings. The number of carbonyl (C=O) groups is 3. The number of ether oxygens (including phenoxy) is 2. The fraction of sp³-hybridized carbons (Fsp3) is 0.185. The smallest absolute Gasteiger partial charge is 0.329 e. The van der Waals surface area contributed by atoms with E-state index in [0.717, 1.165) is 15.6 Å². The molecule has 0 radical (unpaired) electrons. The minimum absolute atomic E-state index is 0.221. The Morgan fingerprint density at radius 3 is 2.53 bits per heavy atom. The predicted molar refractivity (Wildman–Crippen MR) is 159 cm³/mol. The maximum absolute atomic E-state index is 12.4. The van der Waals surface area contributed by atoms with Gasteiger partial charge in [0.05, 0.1) is 16.9 Å². The summed E-state index contributed by atoms with van der Waals surface area (Å²) < 4.78 is 12.8. The summed E-state index contributed by atoms with van der Waals surface area (Å²) in [5.74, 6) is -1.27. The van der Waals surface area contributed by atoms with Crippen LogP contribution < -0.4 is 25.5 Å². The highest BCUT2D eigenvalue weighted by molar-refractivity contribution is 14.1. The van der Waals surface area contributed by atoms with E-state index in [0.29, 0.717) is 38.4 Å². The first-order valence-electron chi connectivity index (χ1n) is 11.5. The molecule has 0 atom stereocenters. The summed E-state index contributed by atoms with van der Waals surface area (Å²) in [6.07, 6.45) is 2.09. The van der Waals surface area contributed by atoms with E-state index < -0.39 is 11.8 Å². The van der Waals surface area contributed by atoms with Crippen LogP contribution in [0, 0.1) is 10.5 Å². The Labute approximate surface area is 242 Å². The lowest BCUT2D eigenvalue weighted by Gasteiger charge is -2.14. The highest BCUT2D eigenvalue weighted by Gasteiger charge is 2.16. The van der Waals surface area contributed by atoms with E-state index in [9.17, 15) is 14.4 Å². The number of carbonyl (C=O) groups excluding carboxylic acids is 3. The molecule has 38 heavy (non-hydrogen) atoms. The van der Waals surface area contributed by atoms with Crippen molar-refractivity contribution in [1.82, 2.24) is 5.43 Å². The average molecular weight is 693 g/mol. The molecule has 0 aliphatic rings. The van der Waals surface area contributed by atoms with Crippen molar-refractivity contribution in [1.29, 1.82) is 0 Å². The molecule has 0 aromatic heterocycles. The molecule has 3 amide bonds. The molecular weight excluding hydrogens is 667 g/mol. The van der Waals surface area contributed by atoms with Gasteiger partial charge in [-0.3, -0.25) is 14.4 Å². The second-order valence-electron chi connectivity index (χ2n) is 8.00. The molecule has 3 rings (SSSR count). The number of rotatable bonds is 9. The van der Waals surface area contributed by atoms with Crippen LogP contribution >= 0.6 is 38.5 Å². The van der Waals surface area contributed by atoms with E-state index in [2.05, 4.69) is 59.7 Å². The third-order valence-corrected chi connectivity index (χ3v) is 6.96. The molecule has 0 aliphatic carbocycles. The van der Waals surface area contributed by atoms with Gasteiger partial charge < -0.3 is 20.1 Å². The van der Waals surface area contributed by atoms with Gasteiger partial charge in [0.2, 0.25) is 0 Å². The fourth-order valence-corrected chi connectivity index (χ4v) is 4.39. The van der Waals surface area contributed by atoms with E-state index in [4.69, 9.17) is 9.47 Å². The number of para-hydroxylation sites is 1. The Hall–Kier alpha value is -3.45. The first-order chi connectivity index (χ1) is 18.2. The van der Waals surface area contributed by atoms with Crippen LogP contribution in [0.2, 0.25) is 0 Å². The fourth-order valence-electron chi connectivity index (χ4n) is 3.36. The summed E-state index contributed by atoms with van der Waals surface area (Å²) in [5.41, 5.74) is 5.96. The molecule has 3 aromatic rings. The van der Waals surface area contributed by atoms with Crippen LogP contribution in [0.1, 0.15) is 23.6 Å². The molecule has 0 spiro atoms. The van der Waals surface area contributed by atoms with Gasteiger partial charge in [0, 0.05) is 15.8 Å². The van der Waals surface area contributed by atoms with Gasteiger partial charge in [0.1, 0.15) is 0 Å². The van der Waals surface area contributed by atoms with Gasteiger partial charge >= 0.3 is 11.8 Å². The van der Waals surface area contributed by atoms with Gasteiger partial charge in [-0.05, 0) is 89.0 Å². The average Bonchev–Trinajstić information content (AvgIpc) is 2.90. The van der Waals surface area contributed by atoms with Crippen molar-refractivity contribution < 1.29 is 23.9 Å². The quantitative estimate of drug-likeness (QED) is 0.126. The predicted octanol–water partition coefficient (Wildman–Crippen LogP) is 5.04. The summed E-state index contributed by atoms with van der Waals surface area (Å²) in [5, 5.41) is 9.26. The molecule has 3 N–H and O–H groups in total. The summed E-state index contributed by atoms with van der Waals surface area (Å²) in [6.45, 7) is 3.67. The summed E-state index contributed by atoms with van der Waals surface area (Å²) in [7, 11) is 1.48. The molecule has 0 aliphatic heterocycles. The van der Waals surface area contributed by atoms with Crippen molar-refractivity contribution >= 4 is 73.8 Å². The molecule has 9 nitrogen and oxygen atoms in total. The summed E-state index contributed by atoms with van der Waals surface area (Å²) >= 11 is 5.49. The first-order valence-corrected chi connectivity index (χ1v) is 13.4. The van der Waals surface area contributed by atoms with Crippen molar-refractivity contribution in [2.75, 3.05) is 24.4 Å². The molecule has 3 aromatic carbocycles. The summed E-state index contributed by atoms with van der Waals surface area (Å²) in [4.78, 5) is 36.8. The zero-order valence-electron chi connectivity index (χ0n) is 20.9. The Balaban J connectivity index is 1.59. The number of nitrogens with one attached hydrogen (secondary N) is 3. The number of methoxy groups -OCH3 is 1. The number of aryl methyl sites for hydroxylation is 2. The van der Waals surface area contributed by atoms with Crippen LogP contribution in [-0.2, 0) is 20.8 Å². The standard InChI is InChI=1S/C27H26BrIN4O5/c1-4-18-7-5-6-8-22(18)32-26(35)27(36)33-30-14-17-12-21(29)25(23(13-17)37-3)38-15-24(34)31-19-9-10-20(28)16(2)11-19/h5-14H,4,15H2,1-3H3,(H,31,34)(H,32,35)(H,33,36)/b30-14-. The lowest BCUT2D eigenvalue weighted by molar-refractivity contribution is -0.136. The van der Waals surface area contributed by atoms with Crippen molar-refractivity contribution in [2.45, 2.75) is 20.3 Å². The topological polar surface area (TPSA) is 118 Å². The minimum atomic E-state index is -0.902. The van der Waals surface area contributed by atoms with Crippen LogP contribution in [-0.4, -0.2) is 37.7 Å². The van der Waals surface area contributed by atoms with Gasteiger partial charge in [-0.2, -0.15) is 5.10 Å². The lowest BCUT2D eigenvalue weighted by atomic mass is 10.1. The number of hydrogen-bond acceptors (Lipinski definition) is 6. The Morgan fingerprint density at radius 1 is 1.05 bits per heavy atom. The largest absolute Gasteiger partial charge is 0.493 e. The van der Waals surface area contributed by atoms with Gasteiger partial charge in [-0.1, -0.05) is 41.1 Å². The first kappa shape index (κ1) is 29.1. The number of amides is 3. The SMILES string of the molecule is CCc1ccccc1NC(=O)C(=O)N/N=C\c1cc(I)c(OCC(=O)Nc2ccc(Br)c(C)c2)c(OC)c1. The van der Waals surface area contributed by atoms with E-state index in [1.807, 2.05) is 38.1 Å². The molecule has 0 heterocycles. The number of hydrogen-bond donors (Lipinski definition) is 3. The molecule has 0 unspecified atom stereocenters. The van der Waals surface area contributed by atoms with Crippen LogP contribution in [0.25, 0.3) is 0 Å².